The van der Waals surface area contributed by atoms with Crippen molar-refractivity contribution in [3.8, 4) is 0 Å². The lowest BCUT2D eigenvalue weighted by Crippen LogP contribution is -2.08. The molecule has 2 heterocycles. The number of nitrogens with zero attached hydrogens (tertiary/aromatic N) is 3. The highest BCUT2D eigenvalue weighted by Gasteiger charge is 2.03. The highest BCUT2D eigenvalue weighted by atomic mass is 15.1. The van der Waals surface area contributed by atoms with Gasteiger partial charge in [0.05, 0.1) is 6.54 Å². The fourth-order valence-electron chi connectivity index (χ4n) is 0.824. The molecule has 1 N–H and O–H groups in total. The highest BCUT2D eigenvalue weighted by molar-refractivity contribution is 5.75. The molecule has 2 rings (SSSR count). The van der Waals surface area contributed by atoms with E-state index in [0.717, 1.165) is 12.4 Å². The molecule has 0 amide bonds. The third-order valence-electron chi connectivity index (χ3n) is 1.25. The summed E-state index contributed by atoms with van der Waals surface area (Å²) in [5, 5.41) is 3.04. The van der Waals surface area contributed by atoms with Crippen molar-refractivity contribution in [2.24, 2.45) is 4.99 Å². The predicted octanol–water partition coefficient (Wildman–Crippen LogP) is 0.604. The van der Waals surface area contributed by atoms with Crippen molar-refractivity contribution >= 4 is 17.9 Å². The Morgan fingerprint density at radius 2 is 2.20 bits per heavy atom. The van der Waals surface area contributed by atoms with Gasteiger partial charge in [-0.3, -0.25) is 0 Å². The Morgan fingerprint density at radius 1 is 1.30 bits per heavy atom. The minimum absolute atomic E-state index is 0.675. The van der Waals surface area contributed by atoms with Crippen LogP contribution in [0, 0.1) is 0 Å². The number of aliphatic imine (C=N–C) groups is 1. The Morgan fingerprint density at radius 3 is 3.10 bits per heavy atom. The number of hydrogen-bond donors (Lipinski definition) is 1. The lowest BCUT2D eigenvalue weighted by molar-refractivity contribution is 1.13. The molecular weight excluding hydrogens is 128 g/mol. The average Bonchev–Trinajstić information content (AvgIpc) is 2.05. The molecule has 0 radical (unpaired) electrons. The minimum Gasteiger partial charge on any atom is -0.362 e. The second kappa shape index (κ2) is 2.06. The quantitative estimate of drug-likeness (QED) is 0.565. The number of fused-ring (bicyclic) bond motifs is 1. The van der Waals surface area contributed by atoms with E-state index in [1.807, 2.05) is 0 Å². The van der Waals surface area contributed by atoms with Crippen LogP contribution in [0.15, 0.2) is 17.4 Å². The van der Waals surface area contributed by atoms with Gasteiger partial charge in [0.25, 0.3) is 0 Å². The van der Waals surface area contributed by atoms with Crippen molar-refractivity contribution in [3.63, 3.8) is 0 Å². The van der Waals surface area contributed by atoms with Crippen LogP contribution in [0.4, 0.5) is 11.6 Å². The van der Waals surface area contributed by atoms with E-state index in [0.29, 0.717) is 5.82 Å². The topological polar surface area (TPSA) is 50.2 Å². The first-order valence-electron chi connectivity index (χ1n) is 3.04. The van der Waals surface area contributed by atoms with E-state index < -0.39 is 0 Å². The van der Waals surface area contributed by atoms with E-state index >= 15 is 0 Å². The van der Waals surface area contributed by atoms with E-state index in [1.54, 1.807) is 18.6 Å². The first-order chi connectivity index (χ1) is 4.97. The Labute approximate surface area is 58.0 Å². The molecule has 1 aliphatic heterocycles. The van der Waals surface area contributed by atoms with E-state index in [-0.39, 0.29) is 0 Å². The molecule has 1 aromatic heterocycles. The summed E-state index contributed by atoms with van der Waals surface area (Å²) in [6, 6.07) is 0. The average molecular weight is 134 g/mol. The van der Waals surface area contributed by atoms with Crippen LogP contribution in [-0.2, 0) is 0 Å². The lowest BCUT2D eigenvalue weighted by Gasteiger charge is -2.07. The molecule has 50 valence electrons. The van der Waals surface area contributed by atoms with Gasteiger partial charge in [0, 0.05) is 18.6 Å². The standard InChI is InChI=1S/C6H6N4/c1-2-8-6-5(7-1)9-3-4-10-6/h1-3H,4H2,(H,8,10). The summed E-state index contributed by atoms with van der Waals surface area (Å²) < 4.78 is 0. The van der Waals surface area contributed by atoms with Gasteiger partial charge in [-0.2, -0.15) is 0 Å². The SMILES string of the molecule is C1=Nc2nccnc2NC1. The maximum absolute atomic E-state index is 4.03. The molecule has 0 fully saturated rings. The van der Waals surface area contributed by atoms with Crippen molar-refractivity contribution in [2.75, 3.05) is 11.9 Å². The summed E-state index contributed by atoms with van der Waals surface area (Å²) in [5.41, 5.74) is 0. The van der Waals surface area contributed by atoms with Crippen LogP contribution < -0.4 is 5.32 Å². The van der Waals surface area contributed by atoms with Crippen molar-refractivity contribution < 1.29 is 0 Å². The van der Waals surface area contributed by atoms with Gasteiger partial charge in [-0.05, 0) is 0 Å². The number of aromatic nitrogens is 2. The summed E-state index contributed by atoms with van der Waals surface area (Å²) in [6.07, 6.45) is 5.05. The maximum atomic E-state index is 4.03. The Balaban J connectivity index is 2.54. The molecule has 1 aromatic rings. The van der Waals surface area contributed by atoms with Crippen LogP contribution in [-0.4, -0.2) is 22.7 Å². The monoisotopic (exact) mass is 134 g/mol. The van der Waals surface area contributed by atoms with Crippen molar-refractivity contribution in [2.45, 2.75) is 0 Å². The zero-order chi connectivity index (χ0) is 6.81. The van der Waals surface area contributed by atoms with Crippen LogP contribution in [0.3, 0.4) is 0 Å². The molecule has 0 spiro atoms. The molecule has 1 aliphatic rings. The predicted molar refractivity (Wildman–Crippen MR) is 38.7 cm³/mol. The van der Waals surface area contributed by atoms with E-state index in [9.17, 15) is 0 Å². The van der Waals surface area contributed by atoms with Crippen LogP contribution in [0.5, 0.6) is 0 Å². The molecule has 0 aliphatic carbocycles. The third kappa shape index (κ3) is 0.737. The Hall–Kier alpha value is -1.45. The van der Waals surface area contributed by atoms with E-state index in [4.69, 9.17) is 0 Å². The van der Waals surface area contributed by atoms with Gasteiger partial charge in [0.2, 0.25) is 0 Å². The van der Waals surface area contributed by atoms with Crippen LogP contribution >= 0.6 is 0 Å². The Kier molecular flexibility index (Phi) is 1.10. The second-order valence-electron chi connectivity index (χ2n) is 1.92. The number of nitrogens with one attached hydrogen (secondary N) is 1. The summed E-state index contributed by atoms with van der Waals surface area (Å²) in [6.45, 7) is 0.742. The molecule has 0 saturated carbocycles. The first-order valence-corrected chi connectivity index (χ1v) is 3.04. The van der Waals surface area contributed by atoms with E-state index in [2.05, 4.69) is 20.3 Å². The molecule has 0 atom stereocenters. The van der Waals surface area contributed by atoms with Crippen LogP contribution in [0.1, 0.15) is 0 Å². The van der Waals surface area contributed by atoms with Crippen LogP contribution in [0.2, 0.25) is 0 Å². The highest BCUT2D eigenvalue weighted by Crippen LogP contribution is 2.18. The van der Waals surface area contributed by atoms with Crippen molar-refractivity contribution in [1.82, 2.24) is 9.97 Å². The molecular formula is C6H6N4. The van der Waals surface area contributed by atoms with Gasteiger partial charge in [-0.1, -0.05) is 0 Å². The molecule has 0 saturated heterocycles. The zero-order valence-electron chi connectivity index (χ0n) is 5.28. The van der Waals surface area contributed by atoms with Gasteiger partial charge in [-0.15, -0.1) is 0 Å². The minimum atomic E-state index is 0.675. The fourth-order valence-corrected chi connectivity index (χ4v) is 0.824. The number of anilines is 1. The summed E-state index contributed by atoms with van der Waals surface area (Å²) in [7, 11) is 0. The van der Waals surface area contributed by atoms with Gasteiger partial charge in [0.1, 0.15) is 0 Å². The molecule has 0 unspecified atom stereocenters. The molecule has 0 aromatic carbocycles. The smallest absolute Gasteiger partial charge is 0.195 e. The second-order valence-corrected chi connectivity index (χ2v) is 1.92. The maximum Gasteiger partial charge on any atom is 0.195 e. The van der Waals surface area contributed by atoms with Crippen molar-refractivity contribution in [3.05, 3.63) is 12.4 Å². The first kappa shape index (κ1) is 5.34. The third-order valence-corrected chi connectivity index (χ3v) is 1.25. The van der Waals surface area contributed by atoms with Gasteiger partial charge in [-0.25, -0.2) is 15.0 Å². The molecule has 4 nitrogen and oxygen atoms in total. The van der Waals surface area contributed by atoms with Gasteiger partial charge >= 0.3 is 0 Å². The summed E-state index contributed by atoms with van der Waals surface area (Å²) in [4.78, 5) is 12.1. The van der Waals surface area contributed by atoms with Crippen molar-refractivity contribution in [1.29, 1.82) is 0 Å². The van der Waals surface area contributed by atoms with E-state index in [1.165, 1.54) is 0 Å². The zero-order valence-corrected chi connectivity index (χ0v) is 5.28. The number of hydrogen-bond acceptors (Lipinski definition) is 4. The number of rotatable bonds is 0. The Bertz CT molecular complexity index is 268. The van der Waals surface area contributed by atoms with Gasteiger partial charge < -0.3 is 5.32 Å². The molecule has 4 heteroatoms. The normalized spacial score (nSPS) is 14.0. The van der Waals surface area contributed by atoms with Gasteiger partial charge in [0.15, 0.2) is 11.6 Å². The summed E-state index contributed by atoms with van der Waals surface area (Å²) in [5.74, 6) is 1.44. The molecule has 10 heavy (non-hydrogen) atoms. The van der Waals surface area contributed by atoms with Crippen LogP contribution in [0.25, 0.3) is 0 Å². The molecule has 0 bridgehead atoms. The fraction of sp³-hybridized carbons (Fsp3) is 0.167. The largest absolute Gasteiger partial charge is 0.362 e. The lowest BCUT2D eigenvalue weighted by atomic mass is 10.5. The summed E-state index contributed by atoms with van der Waals surface area (Å²) >= 11 is 0.